The fraction of sp³-hybridized carbons (Fsp3) is 0.250. The Kier molecular flexibility index (Phi) is 2.83. The number of imidazole rings is 1. The summed E-state index contributed by atoms with van der Waals surface area (Å²) in [5.74, 6) is 1.01. The molecule has 0 unspecified atom stereocenters. The van der Waals surface area contributed by atoms with Gasteiger partial charge >= 0.3 is 0 Å². The number of hydrogen-bond acceptors (Lipinski definition) is 2. The molecule has 1 aromatic heterocycles. The van der Waals surface area contributed by atoms with Crippen LogP contribution in [-0.2, 0) is 6.54 Å². The molecule has 0 spiro atoms. The lowest BCUT2D eigenvalue weighted by atomic mass is 10.2. The summed E-state index contributed by atoms with van der Waals surface area (Å²) in [5, 5.41) is 3.13. The monoisotopic (exact) mass is 201 g/mol. The third-order valence-electron chi connectivity index (χ3n) is 2.42. The maximum atomic E-state index is 4.20. The van der Waals surface area contributed by atoms with Crippen molar-refractivity contribution in [2.24, 2.45) is 0 Å². The summed E-state index contributed by atoms with van der Waals surface area (Å²) in [5.41, 5.74) is 2.45. The third kappa shape index (κ3) is 2.07. The molecule has 0 fully saturated rings. The second kappa shape index (κ2) is 4.28. The van der Waals surface area contributed by atoms with Crippen molar-refractivity contribution in [3.05, 3.63) is 48.0 Å². The second-order valence-corrected chi connectivity index (χ2v) is 3.54. The molecule has 1 aromatic carbocycles. The second-order valence-electron chi connectivity index (χ2n) is 3.54. The van der Waals surface area contributed by atoms with Crippen LogP contribution < -0.4 is 5.32 Å². The van der Waals surface area contributed by atoms with Crippen molar-refractivity contribution in [1.29, 1.82) is 0 Å². The Balaban J connectivity index is 2.28. The zero-order valence-electron chi connectivity index (χ0n) is 9.07. The van der Waals surface area contributed by atoms with E-state index in [2.05, 4.69) is 39.1 Å². The molecule has 0 atom stereocenters. The Labute approximate surface area is 89.8 Å². The van der Waals surface area contributed by atoms with E-state index in [1.165, 1.54) is 5.56 Å². The summed E-state index contributed by atoms with van der Waals surface area (Å²) in [6.07, 6.45) is 3.79. The van der Waals surface area contributed by atoms with Gasteiger partial charge in [-0.1, -0.05) is 12.1 Å². The standard InChI is InChI=1S/C12H15N3/c1-10-14-7-8-15(10)12-5-3-11(4-6-12)9-13-2/h3-8,13H,9H2,1-2H3. The molecule has 3 heteroatoms. The highest BCUT2D eigenvalue weighted by atomic mass is 15.1. The van der Waals surface area contributed by atoms with E-state index in [1.54, 1.807) is 0 Å². The molecular formula is C12H15N3. The molecule has 3 nitrogen and oxygen atoms in total. The number of hydrogen-bond donors (Lipinski definition) is 1. The molecule has 0 radical (unpaired) electrons. The molecule has 0 aliphatic heterocycles. The lowest BCUT2D eigenvalue weighted by Crippen LogP contribution is -2.05. The van der Waals surface area contributed by atoms with Crippen molar-refractivity contribution in [2.75, 3.05) is 7.05 Å². The minimum atomic E-state index is 0.906. The highest BCUT2D eigenvalue weighted by Crippen LogP contribution is 2.11. The summed E-state index contributed by atoms with van der Waals surface area (Å²) in [6.45, 7) is 2.91. The molecular weight excluding hydrogens is 186 g/mol. The van der Waals surface area contributed by atoms with E-state index in [9.17, 15) is 0 Å². The number of rotatable bonds is 3. The first kappa shape index (κ1) is 9.93. The third-order valence-corrected chi connectivity index (χ3v) is 2.42. The van der Waals surface area contributed by atoms with E-state index >= 15 is 0 Å². The zero-order chi connectivity index (χ0) is 10.7. The van der Waals surface area contributed by atoms with Gasteiger partial charge in [0.2, 0.25) is 0 Å². The maximum absolute atomic E-state index is 4.20. The van der Waals surface area contributed by atoms with Crippen LogP contribution in [0.1, 0.15) is 11.4 Å². The average molecular weight is 201 g/mol. The van der Waals surface area contributed by atoms with Crippen molar-refractivity contribution >= 4 is 0 Å². The Morgan fingerprint density at radius 1 is 1.27 bits per heavy atom. The van der Waals surface area contributed by atoms with Gasteiger partial charge in [0, 0.05) is 24.6 Å². The normalized spacial score (nSPS) is 10.5. The van der Waals surface area contributed by atoms with E-state index in [0.29, 0.717) is 0 Å². The van der Waals surface area contributed by atoms with E-state index in [-0.39, 0.29) is 0 Å². The van der Waals surface area contributed by atoms with Crippen LogP contribution in [-0.4, -0.2) is 16.6 Å². The molecule has 0 aliphatic rings. The van der Waals surface area contributed by atoms with Crippen LogP contribution in [0.3, 0.4) is 0 Å². The van der Waals surface area contributed by atoms with Gasteiger partial charge in [0.05, 0.1) is 0 Å². The number of nitrogens with zero attached hydrogens (tertiary/aromatic N) is 2. The lowest BCUT2D eigenvalue weighted by molar-refractivity contribution is 0.817. The summed E-state index contributed by atoms with van der Waals surface area (Å²) < 4.78 is 2.07. The largest absolute Gasteiger partial charge is 0.316 e. The van der Waals surface area contributed by atoms with Crippen molar-refractivity contribution < 1.29 is 0 Å². The quantitative estimate of drug-likeness (QED) is 0.822. The molecule has 0 saturated heterocycles. The van der Waals surface area contributed by atoms with E-state index in [1.807, 2.05) is 26.4 Å². The highest BCUT2D eigenvalue weighted by Gasteiger charge is 1.99. The highest BCUT2D eigenvalue weighted by molar-refractivity contribution is 5.35. The number of nitrogens with one attached hydrogen (secondary N) is 1. The fourth-order valence-corrected chi connectivity index (χ4v) is 1.63. The van der Waals surface area contributed by atoms with Gasteiger partial charge < -0.3 is 9.88 Å². The summed E-state index contributed by atoms with van der Waals surface area (Å²) >= 11 is 0. The maximum Gasteiger partial charge on any atom is 0.110 e. The van der Waals surface area contributed by atoms with Gasteiger partial charge in [-0.05, 0) is 31.7 Å². The van der Waals surface area contributed by atoms with Crippen molar-refractivity contribution in [2.45, 2.75) is 13.5 Å². The van der Waals surface area contributed by atoms with Crippen LogP contribution in [0.2, 0.25) is 0 Å². The van der Waals surface area contributed by atoms with Gasteiger partial charge in [0.15, 0.2) is 0 Å². The Bertz CT molecular complexity index is 428. The molecule has 1 N–H and O–H groups in total. The number of aromatic nitrogens is 2. The van der Waals surface area contributed by atoms with Gasteiger partial charge in [0.1, 0.15) is 5.82 Å². The molecule has 0 bridgehead atoms. The first-order valence-corrected chi connectivity index (χ1v) is 5.05. The smallest absolute Gasteiger partial charge is 0.110 e. The summed E-state index contributed by atoms with van der Waals surface area (Å²) in [4.78, 5) is 4.20. The van der Waals surface area contributed by atoms with E-state index in [0.717, 1.165) is 18.1 Å². The minimum Gasteiger partial charge on any atom is -0.316 e. The van der Waals surface area contributed by atoms with E-state index in [4.69, 9.17) is 0 Å². The van der Waals surface area contributed by atoms with Crippen LogP contribution >= 0.6 is 0 Å². The Morgan fingerprint density at radius 2 is 2.00 bits per heavy atom. The minimum absolute atomic E-state index is 0.906. The first-order chi connectivity index (χ1) is 7.31. The van der Waals surface area contributed by atoms with Crippen LogP contribution in [0.25, 0.3) is 5.69 Å². The molecule has 1 heterocycles. The SMILES string of the molecule is CNCc1ccc(-n2ccnc2C)cc1. The Hall–Kier alpha value is -1.61. The van der Waals surface area contributed by atoms with Crippen LogP contribution in [0.4, 0.5) is 0 Å². The van der Waals surface area contributed by atoms with Crippen LogP contribution in [0.5, 0.6) is 0 Å². The predicted molar refractivity (Wildman–Crippen MR) is 61.1 cm³/mol. The summed E-state index contributed by atoms with van der Waals surface area (Å²) in [6, 6.07) is 8.49. The number of aryl methyl sites for hydroxylation is 1. The number of benzene rings is 1. The van der Waals surface area contributed by atoms with E-state index < -0.39 is 0 Å². The first-order valence-electron chi connectivity index (χ1n) is 5.05. The molecule has 0 amide bonds. The van der Waals surface area contributed by atoms with Gasteiger partial charge in [0.25, 0.3) is 0 Å². The molecule has 2 aromatic rings. The molecule has 0 saturated carbocycles. The van der Waals surface area contributed by atoms with Crippen LogP contribution in [0.15, 0.2) is 36.7 Å². The lowest BCUT2D eigenvalue weighted by Gasteiger charge is -2.06. The van der Waals surface area contributed by atoms with Crippen molar-refractivity contribution in [3.8, 4) is 5.69 Å². The van der Waals surface area contributed by atoms with Crippen molar-refractivity contribution in [3.63, 3.8) is 0 Å². The summed E-state index contributed by atoms with van der Waals surface area (Å²) in [7, 11) is 1.95. The van der Waals surface area contributed by atoms with Gasteiger partial charge in [-0.2, -0.15) is 0 Å². The zero-order valence-corrected chi connectivity index (χ0v) is 9.07. The van der Waals surface area contributed by atoms with Gasteiger partial charge in [-0.3, -0.25) is 0 Å². The van der Waals surface area contributed by atoms with Crippen molar-refractivity contribution in [1.82, 2.24) is 14.9 Å². The topological polar surface area (TPSA) is 29.9 Å². The molecule has 2 rings (SSSR count). The van der Waals surface area contributed by atoms with Gasteiger partial charge in [-0.25, -0.2) is 4.98 Å². The molecule has 78 valence electrons. The predicted octanol–water partition coefficient (Wildman–Crippen LogP) is 1.90. The van der Waals surface area contributed by atoms with Crippen LogP contribution in [0, 0.1) is 6.92 Å². The molecule has 0 aliphatic carbocycles. The Morgan fingerprint density at radius 3 is 2.53 bits per heavy atom. The average Bonchev–Trinajstić information content (AvgIpc) is 2.66. The molecule has 15 heavy (non-hydrogen) atoms. The van der Waals surface area contributed by atoms with Gasteiger partial charge in [-0.15, -0.1) is 0 Å². The fourth-order valence-electron chi connectivity index (χ4n) is 1.63.